The van der Waals surface area contributed by atoms with Crippen LogP contribution in [0.25, 0.3) is 6.08 Å². The van der Waals surface area contributed by atoms with Crippen molar-refractivity contribution in [2.75, 3.05) is 13.2 Å². The van der Waals surface area contributed by atoms with Crippen LogP contribution in [-0.2, 0) is 4.74 Å². The van der Waals surface area contributed by atoms with Crippen LogP contribution in [0, 0.1) is 4.91 Å². The van der Waals surface area contributed by atoms with E-state index in [0.717, 1.165) is 10.6 Å². The van der Waals surface area contributed by atoms with Gasteiger partial charge in [-0.05, 0) is 12.5 Å². The Balaban J connectivity index is 2.50. The minimum atomic E-state index is -0.736. The molecule has 1 rings (SSSR count). The van der Waals surface area contributed by atoms with Crippen LogP contribution < -0.4 is 0 Å². The third-order valence-corrected chi connectivity index (χ3v) is 1.97. The summed E-state index contributed by atoms with van der Waals surface area (Å²) in [5, 5.41) is 3.32. The van der Waals surface area contributed by atoms with E-state index in [1.807, 2.05) is 30.3 Å². The second kappa shape index (κ2) is 7.16. The summed E-state index contributed by atoms with van der Waals surface area (Å²) < 4.78 is 4.66. The monoisotopic (exact) mass is 234 g/mol. The molecule has 0 aliphatic heterocycles. The van der Waals surface area contributed by atoms with Gasteiger partial charge in [-0.25, -0.2) is 4.79 Å². The third-order valence-electron chi connectivity index (χ3n) is 1.97. The standard InChI is InChI=1S/C12H14N2O3/c1-2-17-12(15)14(13-16)10-6-9-11-7-4-3-5-8-11/h3-9H,2,10H2,1H3/b9-6+. The SMILES string of the molecule is CCOC(=O)N(C/C=C/c1ccccc1)N=O. The van der Waals surface area contributed by atoms with Crippen molar-refractivity contribution in [3.05, 3.63) is 46.9 Å². The zero-order valence-electron chi connectivity index (χ0n) is 9.57. The maximum atomic E-state index is 11.2. The van der Waals surface area contributed by atoms with E-state index in [-0.39, 0.29) is 13.2 Å². The van der Waals surface area contributed by atoms with Gasteiger partial charge in [0.2, 0.25) is 0 Å². The molecule has 5 nitrogen and oxygen atoms in total. The van der Waals surface area contributed by atoms with E-state index in [1.54, 1.807) is 19.1 Å². The second-order valence-corrected chi connectivity index (χ2v) is 3.18. The highest BCUT2D eigenvalue weighted by atomic mass is 16.6. The van der Waals surface area contributed by atoms with Crippen LogP contribution in [0.15, 0.2) is 41.7 Å². The number of nitroso groups, excluding NO2 is 1. The number of hydrogen-bond acceptors (Lipinski definition) is 4. The Labute approximate surface area is 99.6 Å². The summed E-state index contributed by atoms with van der Waals surface area (Å²) in [6, 6.07) is 9.55. The van der Waals surface area contributed by atoms with E-state index >= 15 is 0 Å². The molecule has 0 aliphatic carbocycles. The number of nitrogens with zero attached hydrogens (tertiary/aromatic N) is 2. The van der Waals surface area contributed by atoms with E-state index in [9.17, 15) is 9.70 Å². The molecular formula is C12H14N2O3. The lowest BCUT2D eigenvalue weighted by Crippen LogP contribution is -2.26. The average molecular weight is 234 g/mol. The molecular weight excluding hydrogens is 220 g/mol. The first kappa shape index (κ1) is 12.9. The summed E-state index contributed by atoms with van der Waals surface area (Å²) in [4.78, 5) is 21.6. The minimum absolute atomic E-state index is 0.0945. The van der Waals surface area contributed by atoms with Gasteiger partial charge >= 0.3 is 6.09 Å². The van der Waals surface area contributed by atoms with Crippen LogP contribution in [0.4, 0.5) is 4.79 Å². The lowest BCUT2D eigenvalue weighted by Gasteiger charge is -2.09. The molecule has 0 saturated heterocycles. The molecule has 0 N–H and O–H groups in total. The van der Waals surface area contributed by atoms with E-state index in [4.69, 9.17) is 0 Å². The van der Waals surface area contributed by atoms with Gasteiger partial charge in [-0.15, -0.1) is 4.91 Å². The molecule has 0 aliphatic rings. The molecule has 0 saturated carbocycles. The Morgan fingerprint density at radius 1 is 1.41 bits per heavy atom. The lowest BCUT2D eigenvalue weighted by molar-refractivity contribution is 0.112. The van der Waals surface area contributed by atoms with Gasteiger partial charge in [0.05, 0.1) is 18.4 Å². The molecule has 0 bridgehead atoms. The Bertz CT molecular complexity index is 390. The summed E-state index contributed by atoms with van der Waals surface area (Å²) >= 11 is 0. The number of amides is 1. The molecule has 0 atom stereocenters. The fraction of sp³-hybridized carbons (Fsp3) is 0.250. The summed E-state index contributed by atoms with van der Waals surface area (Å²) in [7, 11) is 0. The number of hydrogen-bond donors (Lipinski definition) is 0. The number of ether oxygens (including phenoxy) is 1. The normalized spacial score (nSPS) is 10.2. The van der Waals surface area contributed by atoms with Crippen molar-refractivity contribution in [2.24, 2.45) is 5.29 Å². The van der Waals surface area contributed by atoms with Crippen LogP contribution in [0.3, 0.4) is 0 Å². The smallest absolute Gasteiger partial charge is 0.433 e. The van der Waals surface area contributed by atoms with Crippen molar-refractivity contribution in [2.45, 2.75) is 6.92 Å². The highest BCUT2D eigenvalue weighted by Gasteiger charge is 2.12. The van der Waals surface area contributed by atoms with Gasteiger partial charge < -0.3 is 4.74 Å². The fourth-order valence-electron chi connectivity index (χ4n) is 1.19. The average Bonchev–Trinajstić information content (AvgIpc) is 2.36. The maximum absolute atomic E-state index is 11.2. The van der Waals surface area contributed by atoms with Crippen molar-refractivity contribution in [1.29, 1.82) is 0 Å². The number of benzene rings is 1. The summed E-state index contributed by atoms with van der Waals surface area (Å²) in [6.45, 7) is 1.98. The Morgan fingerprint density at radius 2 is 2.12 bits per heavy atom. The van der Waals surface area contributed by atoms with Gasteiger partial charge in [0.1, 0.15) is 0 Å². The highest BCUT2D eigenvalue weighted by Crippen LogP contribution is 2.02. The third kappa shape index (κ3) is 4.46. The predicted octanol–water partition coefficient (Wildman–Crippen LogP) is 2.84. The van der Waals surface area contributed by atoms with E-state index in [1.165, 1.54) is 0 Å². The molecule has 5 heteroatoms. The van der Waals surface area contributed by atoms with Crippen LogP contribution >= 0.6 is 0 Å². The van der Waals surface area contributed by atoms with Gasteiger partial charge in [-0.3, -0.25) is 0 Å². The van der Waals surface area contributed by atoms with Gasteiger partial charge in [0, 0.05) is 0 Å². The first-order valence-corrected chi connectivity index (χ1v) is 5.27. The van der Waals surface area contributed by atoms with Crippen LogP contribution in [0.5, 0.6) is 0 Å². The quantitative estimate of drug-likeness (QED) is 0.581. The second-order valence-electron chi connectivity index (χ2n) is 3.18. The summed E-state index contributed by atoms with van der Waals surface area (Å²) in [5.41, 5.74) is 0.988. The molecule has 0 unspecified atom stereocenters. The first-order valence-electron chi connectivity index (χ1n) is 5.27. The van der Waals surface area contributed by atoms with Gasteiger partial charge in [-0.2, -0.15) is 5.01 Å². The van der Waals surface area contributed by atoms with E-state index in [0.29, 0.717) is 0 Å². The molecule has 90 valence electrons. The molecule has 1 aromatic carbocycles. The van der Waals surface area contributed by atoms with Gasteiger partial charge in [0.15, 0.2) is 0 Å². The fourth-order valence-corrected chi connectivity index (χ4v) is 1.19. The molecule has 17 heavy (non-hydrogen) atoms. The Kier molecular flexibility index (Phi) is 5.43. The van der Waals surface area contributed by atoms with Crippen LogP contribution in [0.2, 0.25) is 0 Å². The first-order chi connectivity index (χ1) is 8.27. The molecule has 0 heterocycles. The maximum Gasteiger partial charge on any atom is 0.433 e. The molecule has 0 fully saturated rings. The summed E-state index contributed by atoms with van der Waals surface area (Å²) in [6.07, 6.45) is 2.74. The molecule has 1 amide bonds. The van der Waals surface area contributed by atoms with Crippen LogP contribution in [-0.4, -0.2) is 24.3 Å². The van der Waals surface area contributed by atoms with Crippen molar-refractivity contribution in [3.8, 4) is 0 Å². The molecule has 0 aromatic heterocycles. The number of carbonyl (C=O) groups excluding carboxylic acids is 1. The van der Waals surface area contributed by atoms with Crippen molar-refractivity contribution >= 4 is 12.2 Å². The lowest BCUT2D eigenvalue weighted by atomic mass is 10.2. The topological polar surface area (TPSA) is 59.0 Å². The molecule has 0 spiro atoms. The Hall–Kier alpha value is -2.17. The predicted molar refractivity (Wildman–Crippen MR) is 65.0 cm³/mol. The van der Waals surface area contributed by atoms with Crippen molar-refractivity contribution < 1.29 is 9.53 Å². The minimum Gasteiger partial charge on any atom is -0.448 e. The zero-order chi connectivity index (χ0) is 12.5. The molecule has 0 radical (unpaired) electrons. The zero-order valence-corrected chi connectivity index (χ0v) is 9.57. The van der Waals surface area contributed by atoms with Gasteiger partial charge in [0.25, 0.3) is 0 Å². The molecule has 1 aromatic rings. The van der Waals surface area contributed by atoms with Crippen molar-refractivity contribution in [3.63, 3.8) is 0 Å². The van der Waals surface area contributed by atoms with E-state index < -0.39 is 6.09 Å². The number of carbonyl (C=O) groups is 1. The largest absolute Gasteiger partial charge is 0.448 e. The Morgan fingerprint density at radius 3 is 2.71 bits per heavy atom. The van der Waals surface area contributed by atoms with Crippen molar-refractivity contribution in [1.82, 2.24) is 5.01 Å². The van der Waals surface area contributed by atoms with Crippen LogP contribution in [0.1, 0.15) is 12.5 Å². The number of rotatable bonds is 5. The van der Waals surface area contributed by atoms with Gasteiger partial charge in [-0.1, -0.05) is 42.5 Å². The highest BCUT2D eigenvalue weighted by molar-refractivity contribution is 5.67. The van der Waals surface area contributed by atoms with E-state index in [2.05, 4.69) is 10.0 Å². The summed E-state index contributed by atoms with van der Waals surface area (Å²) in [5.74, 6) is 0.